The second kappa shape index (κ2) is 8.31. The molecule has 1 saturated heterocycles. The summed E-state index contributed by atoms with van der Waals surface area (Å²) in [5.74, 6) is 0.194. The van der Waals surface area contributed by atoms with Gasteiger partial charge in [0.15, 0.2) is 0 Å². The Bertz CT molecular complexity index is 1220. The quantitative estimate of drug-likeness (QED) is 0.418. The summed E-state index contributed by atoms with van der Waals surface area (Å²) in [7, 11) is 0. The van der Waals surface area contributed by atoms with Gasteiger partial charge in [0.05, 0.1) is 16.6 Å². The van der Waals surface area contributed by atoms with E-state index in [-0.39, 0.29) is 12.0 Å². The van der Waals surface area contributed by atoms with Crippen LogP contribution in [0.2, 0.25) is 0 Å². The van der Waals surface area contributed by atoms with Gasteiger partial charge >= 0.3 is 0 Å². The van der Waals surface area contributed by atoms with E-state index >= 15 is 0 Å². The number of fused-ring (bicyclic) bond motifs is 2. The van der Waals surface area contributed by atoms with E-state index in [1.807, 2.05) is 17.0 Å². The Balaban J connectivity index is 1.19. The molecular weight excluding hydrogens is 404 g/mol. The number of carbonyl (C=O) groups is 1. The number of hydrogen-bond acceptors (Lipinski definition) is 4. The van der Waals surface area contributed by atoms with Crippen molar-refractivity contribution in [3.05, 3.63) is 71.3 Å². The molecular formula is C26H26N2O2S. The monoisotopic (exact) mass is 430 g/mol. The third-order valence-corrected chi connectivity index (χ3v) is 7.24. The lowest BCUT2D eigenvalue weighted by molar-refractivity contribution is -0.132. The second-order valence-corrected chi connectivity index (χ2v) is 9.37. The van der Waals surface area contributed by atoms with E-state index in [0.29, 0.717) is 6.42 Å². The van der Waals surface area contributed by atoms with Crippen LogP contribution in [0.25, 0.3) is 21.0 Å². The van der Waals surface area contributed by atoms with Crippen molar-refractivity contribution >= 4 is 38.2 Å². The summed E-state index contributed by atoms with van der Waals surface area (Å²) in [6.45, 7) is 5.67. The normalized spacial score (nSPS) is 15.0. The lowest BCUT2D eigenvalue weighted by atomic mass is 10.0. The minimum Gasteiger partial charge on any atom is -0.467 e. The number of carbonyl (C=O) groups excluding carboxylic acids is 1. The third kappa shape index (κ3) is 4.15. The van der Waals surface area contributed by atoms with Gasteiger partial charge in [0.1, 0.15) is 6.10 Å². The Hall–Kier alpha value is -2.92. The molecule has 1 aliphatic heterocycles. The third-order valence-electron chi connectivity index (χ3n) is 6.15. The fourth-order valence-electron chi connectivity index (χ4n) is 4.29. The molecule has 0 radical (unpaired) electrons. The summed E-state index contributed by atoms with van der Waals surface area (Å²) in [6, 6.07) is 18.8. The molecule has 31 heavy (non-hydrogen) atoms. The van der Waals surface area contributed by atoms with Crippen LogP contribution in [-0.2, 0) is 11.2 Å². The maximum absolute atomic E-state index is 12.8. The van der Waals surface area contributed by atoms with Crippen molar-refractivity contribution in [1.82, 2.24) is 9.88 Å². The summed E-state index contributed by atoms with van der Waals surface area (Å²) in [5.41, 5.74) is 4.54. The van der Waals surface area contributed by atoms with E-state index < -0.39 is 0 Å². The van der Waals surface area contributed by atoms with Crippen molar-refractivity contribution in [2.24, 2.45) is 0 Å². The molecule has 0 saturated carbocycles. The van der Waals surface area contributed by atoms with Crippen LogP contribution in [0.15, 0.2) is 54.6 Å². The molecule has 1 amide bonds. The van der Waals surface area contributed by atoms with Crippen LogP contribution in [0.4, 0.5) is 0 Å². The van der Waals surface area contributed by atoms with E-state index in [2.05, 4.69) is 56.3 Å². The first kappa shape index (κ1) is 20.0. The highest BCUT2D eigenvalue weighted by atomic mass is 32.1. The lowest BCUT2D eigenvalue weighted by Crippen LogP contribution is -2.42. The molecule has 0 unspecified atom stereocenters. The Labute approximate surface area is 186 Å². The van der Waals surface area contributed by atoms with Crippen molar-refractivity contribution in [3.63, 3.8) is 0 Å². The van der Waals surface area contributed by atoms with Crippen molar-refractivity contribution in [2.75, 3.05) is 13.1 Å². The number of aromatic nitrogens is 1. The van der Waals surface area contributed by atoms with Gasteiger partial charge in [0.2, 0.25) is 5.91 Å². The Morgan fingerprint density at radius 1 is 1.03 bits per heavy atom. The van der Waals surface area contributed by atoms with Gasteiger partial charge in [-0.2, -0.15) is 0 Å². The van der Waals surface area contributed by atoms with E-state index in [9.17, 15) is 4.79 Å². The molecule has 0 atom stereocenters. The predicted octanol–water partition coefficient (Wildman–Crippen LogP) is 5.68. The summed E-state index contributed by atoms with van der Waals surface area (Å²) >= 11 is 1.63. The Morgan fingerprint density at radius 3 is 2.55 bits per heavy atom. The molecule has 1 fully saturated rings. The van der Waals surface area contributed by atoms with E-state index in [1.54, 1.807) is 11.3 Å². The van der Waals surface area contributed by atoms with Crippen molar-refractivity contribution in [1.29, 1.82) is 0 Å². The topological polar surface area (TPSA) is 42.4 Å². The Morgan fingerprint density at radius 2 is 1.77 bits per heavy atom. The fourth-order valence-corrected chi connectivity index (χ4v) is 5.32. The average molecular weight is 431 g/mol. The van der Waals surface area contributed by atoms with Gasteiger partial charge in [-0.3, -0.25) is 4.79 Å². The molecule has 2 heterocycles. The zero-order valence-electron chi connectivity index (χ0n) is 17.9. The average Bonchev–Trinajstić information content (AvgIpc) is 3.22. The highest BCUT2D eigenvalue weighted by molar-refractivity contribution is 7.20. The highest BCUT2D eigenvalue weighted by Gasteiger charge is 2.25. The van der Waals surface area contributed by atoms with Crippen molar-refractivity contribution < 1.29 is 9.53 Å². The number of hydrogen-bond donors (Lipinski definition) is 0. The van der Waals surface area contributed by atoms with Crippen LogP contribution in [0, 0.1) is 13.8 Å². The molecule has 1 aromatic heterocycles. The van der Waals surface area contributed by atoms with E-state index in [4.69, 9.17) is 9.72 Å². The summed E-state index contributed by atoms with van der Waals surface area (Å²) in [5, 5.41) is 3.13. The smallest absolute Gasteiger partial charge is 0.274 e. The number of aryl methyl sites for hydroxylation is 2. The molecule has 5 rings (SSSR count). The minimum absolute atomic E-state index is 0.117. The molecule has 4 nitrogen and oxygen atoms in total. The van der Waals surface area contributed by atoms with E-state index in [0.717, 1.165) is 42.2 Å². The van der Waals surface area contributed by atoms with Crippen LogP contribution < -0.4 is 4.74 Å². The zero-order chi connectivity index (χ0) is 21.4. The van der Waals surface area contributed by atoms with Crippen LogP contribution in [-0.4, -0.2) is 35.0 Å². The minimum atomic E-state index is 0.117. The highest BCUT2D eigenvalue weighted by Crippen LogP contribution is 2.33. The number of rotatable bonds is 4. The molecule has 158 valence electrons. The van der Waals surface area contributed by atoms with Crippen LogP contribution >= 0.6 is 11.3 Å². The summed E-state index contributed by atoms with van der Waals surface area (Å²) in [4.78, 5) is 19.5. The lowest BCUT2D eigenvalue weighted by Gasteiger charge is -2.31. The molecule has 4 aromatic rings. The van der Waals surface area contributed by atoms with Crippen LogP contribution in [0.3, 0.4) is 0 Å². The number of thiazole rings is 1. The maximum Gasteiger partial charge on any atom is 0.274 e. The Kier molecular flexibility index (Phi) is 5.36. The standard InChI is InChI=1S/C26H26N2O2S/c1-17-7-8-18(2)25-24(17)27-26(31-25)30-22-11-13-28(14-12-22)23(29)16-19-9-10-20-5-3-4-6-21(20)15-19/h3-10,15,22H,11-14,16H2,1-2H3. The van der Waals surface area contributed by atoms with Gasteiger partial charge in [-0.25, -0.2) is 4.98 Å². The maximum atomic E-state index is 12.8. The van der Waals surface area contributed by atoms with Gasteiger partial charge in [-0.05, 0) is 41.3 Å². The first-order valence-corrected chi connectivity index (χ1v) is 11.7. The van der Waals surface area contributed by atoms with E-state index in [1.165, 1.54) is 26.6 Å². The molecule has 3 aromatic carbocycles. The number of ether oxygens (including phenoxy) is 1. The number of benzene rings is 3. The number of likely N-dealkylation sites (tertiary alicyclic amines) is 1. The van der Waals surface area contributed by atoms with Gasteiger partial charge in [-0.15, -0.1) is 0 Å². The molecule has 1 aliphatic rings. The molecule has 0 spiro atoms. The predicted molar refractivity (Wildman–Crippen MR) is 127 cm³/mol. The number of nitrogens with zero attached hydrogens (tertiary/aromatic N) is 2. The van der Waals surface area contributed by atoms with Crippen LogP contribution in [0.1, 0.15) is 29.5 Å². The van der Waals surface area contributed by atoms with Gasteiger partial charge in [0.25, 0.3) is 5.19 Å². The van der Waals surface area contributed by atoms with Gasteiger partial charge < -0.3 is 9.64 Å². The SMILES string of the molecule is Cc1ccc(C)c2sc(OC3CCN(C(=O)Cc4ccc5ccccc5c4)CC3)nc12. The molecule has 0 N–H and O–H groups in total. The van der Waals surface area contributed by atoms with Gasteiger partial charge in [-0.1, -0.05) is 65.9 Å². The van der Waals surface area contributed by atoms with Crippen LogP contribution in [0.5, 0.6) is 5.19 Å². The van der Waals surface area contributed by atoms with Crippen molar-refractivity contribution in [2.45, 2.75) is 39.2 Å². The van der Waals surface area contributed by atoms with Gasteiger partial charge in [0, 0.05) is 25.9 Å². The number of amides is 1. The molecule has 5 heteroatoms. The van der Waals surface area contributed by atoms with Crippen molar-refractivity contribution in [3.8, 4) is 5.19 Å². The molecule has 0 bridgehead atoms. The summed E-state index contributed by atoms with van der Waals surface area (Å²) < 4.78 is 7.42. The number of piperidine rings is 1. The fraction of sp³-hybridized carbons (Fsp3) is 0.308. The summed E-state index contributed by atoms with van der Waals surface area (Å²) in [6.07, 6.45) is 2.26. The molecule has 0 aliphatic carbocycles. The zero-order valence-corrected chi connectivity index (χ0v) is 18.7. The largest absolute Gasteiger partial charge is 0.467 e. The first-order chi connectivity index (χ1) is 15.1. The first-order valence-electron chi connectivity index (χ1n) is 10.9. The second-order valence-electron chi connectivity index (χ2n) is 8.41.